The zero-order valence-corrected chi connectivity index (χ0v) is 15.5. The van der Waals surface area contributed by atoms with Gasteiger partial charge in [-0.25, -0.2) is 4.98 Å². The van der Waals surface area contributed by atoms with Gasteiger partial charge in [-0.3, -0.25) is 4.90 Å². The molecule has 0 atom stereocenters. The van der Waals surface area contributed by atoms with Crippen LogP contribution in [0.15, 0.2) is 5.38 Å². The maximum Gasteiger partial charge on any atom is 0.0897 e. The van der Waals surface area contributed by atoms with E-state index in [0.717, 1.165) is 31.2 Å². The van der Waals surface area contributed by atoms with Crippen LogP contribution in [0.4, 0.5) is 0 Å². The molecule has 0 aliphatic rings. The number of rotatable bonds is 10. The lowest BCUT2D eigenvalue weighted by Crippen LogP contribution is -2.43. The van der Waals surface area contributed by atoms with E-state index in [9.17, 15) is 0 Å². The molecule has 1 aromatic heterocycles. The molecular weight excluding hydrogens is 278 g/mol. The van der Waals surface area contributed by atoms with Crippen LogP contribution in [0.5, 0.6) is 0 Å². The second-order valence-corrected chi connectivity index (χ2v) is 7.82. The van der Waals surface area contributed by atoms with Gasteiger partial charge in [0.1, 0.15) is 0 Å². The molecule has 1 aromatic rings. The summed E-state index contributed by atoms with van der Waals surface area (Å²) in [6, 6.07) is 0. The van der Waals surface area contributed by atoms with E-state index in [-0.39, 0.29) is 0 Å². The molecule has 0 saturated carbocycles. The Labute approximate surface area is 135 Å². The third-order valence-electron chi connectivity index (χ3n) is 4.26. The molecule has 0 aromatic carbocycles. The van der Waals surface area contributed by atoms with Crippen LogP contribution >= 0.6 is 11.3 Å². The minimum atomic E-state index is 0.370. The Morgan fingerprint density at radius 2 is 2.00 bits per heavy atom. The van der Waals surface area contributed by atoms with Gasteiger partial charge >= 0.3 is 0 Å². The number of aryl methyl sites for hydroxylation is 1. The molecule has 0 radical (unpaired) electrons. The highest BCUT2D eigenvalue weighted by molar-refractivity contribution is 7.09. The van der Waals surface area contributed by atoms with Crippen molar-refractivity contribution in [1.82, 2.24) is 15.2 Å². The predicted molar refractivity (Wildman–Crippen MR) is 93.9 cm³/mol. The summed E-state index contributed by atoms with van der Waals surface area (Å²) >= 11 is 1.74. The molecule has 0 unspecified atom stereocenters. The van der Waals surface area contributed by atoms with Crippen LogP contribution in [0, 0.1) is 18.3 Å². The van der Waals surface area contributed by atoms with E-state index in [1.807, 2.05) is 0 Å². The van der Waals surface area contributed by atoms with Crippen molar-refractivity contribution in [3.8, 4) is 0 Å². The molecular formula is C17H33N3S. The summed E-state index contributed by atoms with van der Waals surface area (Å²) < 4.78 is 0. The standard InChI is InChI=1S/C17H33N3S/c1-7-17(8-2,12-18-9-14(3)4)13-20(6)10-16-11-21-15(5)19-16/h11,14,18H,7-10,12-13H2,1-6H3. The summed E-state index contributed by atoms with van der Waals surface area (Å²) in [6.45, 7) is 15.6. The molecule has 1 N–H and O–H groups in total. The molecule has 21 heavy (non-hydrogen) atoms. The third kappa shape index (κ3) is 6.45. The van der Waals surface area contributed by atoms with Gasteiger partial charge in [0, 0.05) is 25.0 Å². The van der Waals surface area contributed by atoms with E-state index < -0.39 is 0 Å². The lowest BCUT2D eigenvalue weighted by Gasteiger charge is -2.36. The summed E-state index contributed by atoms with van der Waals surface area (Å²) in [6.07, 6.45) is 2.43. The highest BCUT2D eigenvalue weighted by Gasteiger charge is 2.27. The van der Waals surface area contributed by atoms with Gasteiger partial charge in [0.15, 0.2) is 0 Å². The summed E-state index contributed by atoms with van der Waals surface area (Å²) in [5.74, 6) is 0.715. The number of thiazole rings is 1. The molecule has 0 fully saturated rings. The first-order valence-electron chi connectivity index (χ1n) is 8.21. The molecule has 0 bridgehead atoms. The normalized spacial score (nSPS) is 12.6. The van der Waals surface area contributed by atoms with Crippen LogP contribution < -0.4 is 5.32 Å². The first-order chi connectivity index (χ1) is 9.90. The van der Waals surface area contributed by atoms with Crippen LogP contribution in [-0.4, -0.2) is 36.6 Å². The molecule has 1 heterocycles. The van der Waals surface area contributed by atoms with Crippen LogP contribution in [0.1, 0.15) is 51.2 Å². The second kappa shape index (κ2) is 8.86. The summed E-state index contributed by atoms with van der Waals surface area (Å²) in [5, 5.41) is 7.01. The monoisotopic (exact) mass is 311 g/mol. The highest BCUT2D eigenvalue weighted by atomic mass is 32.1. The average molecular weight is 312 g/mol. The largest absolute Gasteiger partial charge is 0.316 e. The van der Waals surface area contributed by atoms with Gasteiger partial charge in [0.25, 0.3) is 0 Å². The highest BCUT2D eigenvalue weighted by Crippen LogP contribution is 2.27. The first kappa shape index (κ1) is 18.6. The van der Waals surface area contributed by atoms with E-state index in [2.05, 4.69) is 62.2 Å². The van der Waals surface area contributed by atoms with Gasteiger partial charge < -0.3 is 5.32 Å². The summed E-state index contributed by atoms with van der Waals surface area (Å²) in [5.41, 5.74) is 1.57. The van der Waals surface area contributed by atoms with Crippen LogP contribution in [0.3, 0.4) is 0 Å². The summed E-state index contributed by atoms with van der Waals surface area (Å²) in [7, 11) is 2.22. The third-order valence-corrected chi connectivity index (χ3v) is 5.08. The average Bonchev–Trinajstić information content (AvgIpc) is 2.82. The maximum atomic E-state index is 4.58. The Kier molecular flexibility index (Phi) is 7.85. The molecule has 0 amide bonds. The molecule has 0 spiro atoms. The number of hydrogen-bond acceptors (Lipinski definition) is 4. The Morgan fingerprint density at radius 3 is 2.48 bits per heavy atom. The topological polar surface area (TPSA) is 28.2 Å². The lowest BCUT2D eigenvalue weighted by molar-refractivity contribution is 0.149. The SMILES string of the molecule is CCC(CC)(CNCC(C)C)CN(C)Cc1csc(C)n1. The van der Waals surface area contributed by atoms with E-state index in [0.29, 0.717) is 11.3 Å². The molecule has 0 aliphatic carbocycles. The van der Waals surface area contributed by atoms with Crippen LogP contribution in [-0.2, 0) is 6.54 Å². The quantitative estimate of drug-likeness (QED) is 0.709. The number of aromatic nitrogens is 1. The first-order valence-corrected chi connectivity index (χ1v) is 9.09. The van der Waals surface area contributed by atoms with Crippen LogP contribution in [0.2, 0.25) is 0 Å². The number of nitrogens with one attached hydrogen (secondary N) is 1. The van der Waals surface area contributed by atoms with Crippen molar-refractivity contribution in [2.45, 2.75) is 54.0 Å². The van der Waals surface area contributed by atoms with Gasteiger partial charge in [-0.2, -0.15) is 0 Å². The van der Waals surface area contributed by atoms with Gasteiger partial charge in [-0.05, 0) is 44.7 Å². The zero-order valence-electron chi connectivity index (χ0n) is 14.7. The van der Waals surface area contributed by atoms with Gasteiger partial charge in [-0.15, -0.1) is 11.3 Å². The number of hydrogen-bond donors (Lipinski definition) is 1. The van der Waals surface area contributed by atoms with Crippen LogP contribution in [0.25, 0.3) is 0 Å². The fraction of sp³-hybridized carbons (Fsp3) is 0.824. The molecule has 4 heteroatoms. The molecule has 0 saturated heterocycles. The van der Waals surface area contributed by atoms with E-state index in [1.54, 1.807) is 11.3 Å². The molecule has 3 nitrogen and oxygen atoms in total. The Morgan fingerprint density at radius 1 is 1.33 bits per heavy atom. The van der Waals surface area contributed by atoms with Crippen molar-refractivity contribution in [1.29, 1.82) is 0 Å². The molecule has 0 aliphatic heterocycles. The van der Waals surface area contributed by atoms with Crippen molar-refractivity contribution in [3.63, 3.8) is 0 Å². The Balaban J connectivity index is 2.54. The number of nitrogens with zero attached hydrogens (tertiary/aromatic N) is 2. The fourth-order valence-electron chi connectivity index (χ4n) is 2.79. The maximum absolute atomic E-state index is 4.58. The molecule has 1 rings (SSSR count). The zero-order chi connectivity index (χ0) is 15.9. The smallest absolute Gasteiger partial charge is 0.0897 e. The van der Waals surface area contributed by atoms with Gasteiger partial charge in [0.05, 0.1) is 10.7 Å². The second-order valence-electron chi connectivity index (χ2n) is 6.76. The van der Waals surface area contributed by atoms with E-state index >= 15 is 0 Å². The fourth-order valence-corrected chi connectivity index (χ4v) is 3.40. The van der Waals surface area contributed by atoms with E-state index in [4.69, 9.17) is 0 Å². The van der Waals surface area contributed by atoms with Crippen molar-refractivity contribution < 1.29 is 0 Å². The minimum absolute atomic E-state index is 0.370. The molecule has 122 valence electrons. The van der Waals surface area contributed by atoms with Crippen molar-refractivity contribution in [2.75, 3.05) is 26.7 Å². The summed E-state index contributed by atoms with van der Waals surface area (Å²) in [4.78, 5) is 7.01. The van der Waals surface area contributed by atoms with Crippen molar-refractivity contribution >= 4 is 11.3 Å². The van der Waals surface area contributed by atoms with Crippen molar-refractivity contribution in [2.24, 2.45) is 11.3 Å². The lowest BCUT2D eigenvalue weighted by atomic mass is 9.81. The Bertz CT molecular complexity index is 396. The predicted octanol–water partition coefficient (Wildman–Crippen LogP) is 3.94. The van der Waals surface area contributed by atoms with Crippen molar-refractivity contribution in [3.05, 3.63) is 16.1 Å². The van der Waals surface area contributed by atoms with E-state index in [1.165, 1.54) is 18.5 Å². The van der Waals surface area contributed by atoms with Gasteiger partial charge in [-0.1, -0.05) is 27.7 Å². The Hall–Kier alpha value is -0.450. The minimum Gasteiger partial charge on any atom is -0.316 e. The van der Waals surface area contributed by atoms with Gasteiger partial charge in [0.2, 0.25) is 0 Å².